The van der Waals surface area contributed by atoms with Crippen LogP contribution in [0.2, 0.25) is 5.02 Å². The lowest BCUT2D eigenvalue weighted by molar-refractivity contribution is -0.137. The lowest BCUT2D eigenvalue weighted by atomic mass is 9.95. The molecule has 1 aromatic carbocycles. The highest BCUT2D eigenvalue weighted by Gasteiger charge is 2.35. The van der Waals surface area contributed by atoms with Gasteiger partial charge in [0.05, 0.1) is 17.3 Å². The molecule has 2 rings (SSSR count). The Labute approximate surface area is 148 Å². The Morgan fingerprint density at radius 2 is 1.92 bits per heavy atom. The van der Waals surface area contributed by atoms with E-state index >= 15 is 0 Å². The number of carbonyl (C=O) groups excluding carboxylic acids is 2. The Bertz CT molecular complexity index is 659. The zero-order valence-electron chi connectivity index (χ0n) is 13.6. The highest BCUT2D eigenvalue weighted by atomic mass is 35.5. The number of halogens is 4. The first-order valence-electron chi connectivity index (χ1n) is 7.80. The number of anilines is 1. The zero-order chi connectivity index (χ0) is 18.8. The number of likely N-dealkylation sites (tertiary alicyclic amines) is 1. The minimum absolute atomic E-state index is 0.0631. The van der Waals surface area contributed by atoms with Crippen molar-refractivity contribution in [2.75, 3.05) is 18.4 Å². The van der Waals surface area contributed by atoms with Crippen LogP contribution in [-0.2, 0) is 15.8 Å². The maximum atomic E-state index is 13.1. The molecular formula is C16H19ClF3N3O2. The lowest BCUT2D eigenvalue weighted by Gasteiger charge is -2.34. The standard InChI is InChI=1S/C16H19ClF3N3O2/c1-9(23-6-4-10(5-7-23)14(21)24)15(25)22-13-3-2-11(17)8-12(13)16(18,19)20/h2-3,8-10H,4-7H2,1H3,(H2,21,24)(H,22,25)/t9-/m1/s1. The summed E-state index contributed by atoms with van der Waals surface area (Å²) in [5.41, 5.74) is 3.94. The Hall–Kier alpha value is -1.80. The van der Waals surface area contributed by atoms with Gasteiger partial charge in [0.15, 0.2) is 0 Å². The van der Waals surface area contributed by atoms with Crippen LogP contribution in [0.3, 0.4) is 0 Å². The maximum absolute atomic E-state index is 13.1. The highest BCUT2D eigenvalue weighted by Crippen LogP contribution is 2.36. The quantitative estimate of drug-likeness (QED) is 0.847. The van der Waals surface area contributed by atoms with Crippen molar-refractivity contribution >= 4 is 29.1 Å². The van der Waals surface area contributed by atoms with Gasteiger partial charge in [-0.1, -0.05) is 11.6 Å². The summed E-state index contributed by atoms with van der Waals surface area (Å²) in [6, 6.07) is 2.57. The number of amides is 2. The van der Waals surface area contributed by atoms with Crippen molar-refractivity contribution in [2.24, 2.45) is 11.7 Å². The van der Waals surface area contributed by atoms with Gasteiger partial charge in [0.1, 0.15) is 0 Å². The van der Waals surface area contributed by atoms with Crippen molar-refractivity contribution in [1.29, 1.82) is 0 Å². The lowest BCUT2D eigenvalue weighted by Crippen LogP contribution is -2.47. The molecule has 1 atom stereocenters. The SMILES string of the molecule is C[C@H](C(=O)Nc1ccc(Cl)cc1C(F)(F)F)N1CCC(C(N)=O)CC1. The molecule has 138 valence electrons. The number of alkyl halides is 3. The van der Waals surface area contributed by atoms with Crippen LogP contribution >= 0.6 is 11.6 Å². The van der Waals surface area contributed by atoms with Crippen LogP contribution in [0, 0.1) is 5.92 Å². The van der Waals surface area contributed by atoms with Crippen molar-refractivity contribution in [3.63, 3.8) is 0 Å². The van der Waals surface area contributed by atoms with Gasteiger partial charge in [-0.3, -0.25) is 14.5 Å². The predicted octanol–water partition coefficient (Wildman–Crippen LogP) is 2.88. The summed E-state index contributed by atoms with van der Waals surface area (Å²) in [5.74, 6) is -1.14. The summed E-state index contributed by atoms with van der Waals surface area (Å²) in [4.78, 5) is 25.3. The first-order valence-corrected chi connectivity index (χ1v) is 8.18. The van der Waals surface area contributed by atoms with E-state index in [0.717, 1.165) is 12.1 Å². The van der Waals surface area contributed by atoms with E-state index in [-0.39, 0.29) is 22.5 Å². The molecule has 0 saturated carbocycles. The van der Waals surface area contributed by atoms with Gasteiger partial charge in [0.2, 0.25) is 11.8 Å². The number of piperidine rings is 1. The smallest absolute Gasteiger partial charge is 0.369 e. The van der Waals surface area contributed by atoms with E-state index < -0.39 is 23.7 Å². The second kappa shape index (κ2) is 7.61. The fourth-order valence-corrected chi connectivity index (χ4v) is 3.01. The Morgan fingerprint density at radius 3 is 2.44 bits per heavy atom. The van der Waals surface area contributed by atoms with Crippen LogP contribution in [0.25, 0.3) is 0 Å². The molecule has 2 amide bonds. The molecule has 0 radical (unpaired) electrons. The second-order valence-electron chi connectivity index (χ2n) is 6.07. The first-order chi connectivity index (χ1) is 11.6. The average Bonchev–Trinajstić information content (AvgIpc) is 2.54. The molecule has 9 heteroatoms. The number of hydrogen-bond donors (Lipinski definition) is 2. The van der Waals surface area contributed by atoms with Crippen LogP contribution in [0.5, 0.6) is 0 Å². The topological polar surface area (TPSA) is 75.4 Å². The van der Waals surface area contributed by atoms with Crippen LogP contribution in [-0.4, -0.2) is 35.8 Å². The van der Waals surface area contributed by atoms with Gasteiger partial charge in [0.25, 0.3) is 0 Å². The van der Waals surface area contributed by atoms with Gasteiger partial charge in [-0.05, 0) is 51.1 Å². The van der Waals surface area contributed by atoms with Gasteiger partial charge < -0.3 is 11.1 Å². The van der Waals surface area contributed by atoms with Crippen molar-refractivity contribution < 1.29 is 22.8 Å². The fraction of sp³-hybridized carbons (Fsp3) is 0.500. The largest absolute Gasteiger partial charge is 0.418 e. The van der Waals surface area contributed by atoms with Crippen LogP contribution in [0.15, 0.2) is 18.2 Å². The number of nitrogens with zero attached hydrogens (tertiary/aromatic N) is 1. The van der Waals surface area contributed by atoms with Crippen LogP contribution in [0.4, 0.5) is 18.9 Å². The Morgan fingerprint density at radius 1 is 1.32 bits per heavy atom. The normalized spacial score (nSPS) is 18.0. The minimum Gasteiger partial charge on any atom is -0.369 e. The molecular weight excluding hydrogens is 359 g/mol. The molecule has 1 aliphatic heterocycles. The molecule has 1 aliphatic rings. The summed E-state index contributed by atoms with van der Waals surface area (Å²) < 4.78 is 39.3. The van der Waals surface area contributed by atoms with Crippen molar-refractivity contribution in [3.05, 3.63) is 28.8 Å². The van der Waals surface area contributed by atoms with E-state index in [9.17, 15) is 22.8 Å². The number of primary amides is 1. The number of carbonyl (C=O) groups is 2. The van der Waals surface area contributed by atoms with Crippen LogP contribution in [0.1, 0.15) is 25.3 Å². The summed E-state index contributed by atoms with van der Waals surface area (Å²) in [7, 11) is 0. The van der Waals surface area contributed by atoms with E-state index in [2.05, 4.69) is 5.32 Å². The molecule has 1 saturated heterocycles. The third-order valence-electron chi connectivity index (χ3n) is 4.40. The summed E-state index contributed by atoms with van der Waals surface area (Å²) in [5, 5.41) is 2.26. The van der Waals surface area contributed by atoms with E-state index in [1.165, 1.54) is 6.07 Å². The monoisotopic (exact) mass is 377 g/mol. The molecule has 1 heterocycles. The summed E-state index contributed by atoms with van der Waals surface area (Å²) >= 11 is 5.62. The summed E-state index contributed by atoms with van der Waals surface area (Å²) in [6.45, 7) is 2.58. The molecule has 1 fully saturated rings. The number of nitrogens with two attached hydrogens (primary N) is 1. The molecule has 0 spiro atoms. The van der Waals surface area contributed by atoms with Gasteiger partial charge >= 0.3 is 6.18 Å². The van der Waals surface area contributed by atoms with E-state index in [0.29, 0.717) is 25.9 Å². The highest BCUT2D eigenvalue weighted by molar-refractivity contribution is 6.30. The molecule has 3 N–H and O–H groups in total. The molecule has 25 heavy (non-hydrogen) atoms. The summed E-state index contributed by atoms with van der Waals surface area (Å²) in [6.07, 6.45) is -3.57. The molecule has 0 bridgehead atoms. The fourth-order valence-electron chi connectivity index (χ4n) is 2.83. The number of rotatable bonds is 4. The molecule has 0 aliphatic carbocycles. The molecule has 0 aromatic heterocycles. The molecule has 0 unspecified atom stereocenters. The van der Waals surface area contributed by atoms with E-state index in [1.54, 1.807) is 6.92 Å². The second-order valence-corrected chi connectivity index (χ2v) is 6.50. The van der Waals surface area contributed by atoms with Crippen LogP contribution < -0.4 is 11.1 Å². The van der Waals surface area contributed by atoms with Gasteiger partial charge in [0, 0.05) is 10.9 Å². The number of benzene rings is 1. The van der Waals surface area contributed by atoms with Crippen molar-refractivity contribution in [2.45, 2.75) is 32.0 Å². The molecule has 1 aromatic rings. The van der Waals surface area contributed by atoms with Crippen molar-refractivity contribution in [3.8, 4) is 0 Å². The number of hydrogen-bond acceptors (Lipinski definition) is 3. The number of nitrogens with one attached hydrogen (secondary N) is 1. The van der Waals surface area contributed by atoms with Gasteiger partial charge in [-0.15, -0.1) is 0 Å². The van der Waals surface area contributed by atoms with Gasteiger partial charge in [-0.2, -0.15) is 13.2 Å². The first kappa shape index (κ1) is 19.5. The Kier molecular flexibility index (Phi) is 5.95. The zero-order valence-corrected chi connectivity index (χ0v) is 14.3. The average molecular weight is 378 g/mol. The van der Waals surface area contributed by atoms with E-state index in [4.69, 9.17) is 17.3 Å². The maximum Gasteiger partial charge on any atom is 0.418 e. The van der Waals surface area contributed by atoms with Crippen molar-refractivity contribution in [1.82, 2.24) is 4.90 Å². The van der Waals surface area contributed by atoms with E-state index in [1.807, 2.05) is 4.90 Å². The minimum atomic E-state index is -4.63. The van der Waals surface area contributed by atoms with Gasteiger partial charge in [-0.25, -0.2) is 0 Å². The molecule has 5 nitrogen and oxygen atoms in total. The Balaban J connectivity index is 2.06. The third kappa shape index (κ3) is 4.85. The predicted molar refractivity (Wildman–Crippen MR) is 88.0 cm³/mol. The third-order valence-corrected chi connectivity index (χ3v) is 4.64.